The van der Waals surface area contributed by atoms with Gasteiger partial charge in [-0.1, -0.05) is 24.6 Å². The van der Waals surface area contributed by atoms with Crippen molar-refractivity contribution in [2.45, 2.75) is 38.1 Å². The Morgan fingerprint density at radius 2 is 1.81 bits per heavy atom. The molecule has 0 aromatic heterocycles. The van der Waals surface area contributed by atoms with E-state index >= 15 is 0 Å². The fourth-order valence-electron chi connectivity index (χ4n) is 3.95. The van der Waals surface area contributed by atoms with Crippen molar-refractivity contribution in [2.75, 3.05) is 37.6 Å². The topological polar surface area (TPSA) is 78.7 Å². The zero-order chi connectivity index (χ0) is 18.4. The van der Waals surface area contributed by atoms with Crippen LogP contribution in [0, 0.1) is 5.92 Å². The Bertz CT molecular complexity index is 599. The molecule has 1 saturated heterocycles. The highest BCUT2D eigenvalue weighted by Crippen LogP contribution is 2.26. The van der Waals surface area contributed by atoms with Crippen molar-refractivity contribution >= 4 is 17.5 Å². The zero-order valence-electron chi connectivity index (χ0n) is 15.4. The van der Waals surface area contributed by atoms with Crippen molar-refractivity contribution in [3.63, 3.8) is 0 Å². The summed E-state index contributed by atoms with van der Waals surface area (Å²) in [5.41, 5.74) is 7.22. The highest BCUT2D eigenvalue weighted by Gasteiger charge is 2.26. The summed E-state index contributed by atoms with van der Waals surface area (Å²) in [5, 5.41) is 2.88. The van der Waals surface area contributed by atoms with E-state index in [0.717, 1.165) is 45.4 Å². The summed E-state index contributed by atoms with van der Waals surface area (Å²) in [6.07, 6.45) is 4.04. The molecule has 6 heteroatoms. The number of piperazine rings is 1. The van der Waals surface area contributed by atoms with Crippen LogP contribution in [0.15, 0.2) is 30.3 Å². The minimum absolute atomic E-state index is 0.0223. The lowest BCUT2D eigenvalue weighted by atomic mass is 10.00. The lowest BCUT2D eigenvalue weighted by Gasteiger charge is -2.36. The summed E-state index contributed by atoms with van der Waals surface area (Å²) in [4.78, 5) is 28.6. The van der Waals surface area contributed by atoms with E-state index in [1.165, 1.54) is 5.69 Å². The minimum atomic E-state index is 0.0223. The fraction of sp³-hybridized carbons (Fsp3) is 0.600. The van der Waals surface area contributed by atoms with Crippen molar-refractivity contribution in [1.82, 2.24) is 10.2 Å². The number of rotatable bonds is 6. The molecule has 1 aromatic carbocycles. The molecule has 1 saturated carbocycles. The first-order valence-electron chi connectivity index (χ1n) is 9.73. The van der Waals surface area contributed by atoms with E-state index in [-0.39, 0.29) is 17.9 Å². The van der Waals surface area contributed by atoms with Crippen LogP contribution < -0.4 is 16.0 Å². The van der Waals surface area contributed by atoms with Crippen molar-refractivity contribution < 1.29 is 9.59 Å². The predicted octanol–water partition coefficient (Wildman–Crippen LogP) is 1.36. The predicted molar refractivity (Wildman–Crippen MR) is 103 cm³/mol. The smallest absolute Gasteiger partial charge is 0.224 e. The molecule has 0 bridgehead atoms. The second-order valence-corrected chi connectivity index (χ2v) is 7.36. The van der Waals surface area contributed by atoms with Crippen molar-refractivity contribution in [2.24, 2.45) is 11.7 Å². The number of carbonyl (C=O) groups is 2. The highest BCUT2D eigenvalue weighted by molar-refractivity contribution is 5.79. The first-order chi connectivity index (χ1) is 12.6. The van der Waals surface area contributed by atoms with Crippen LogP contribution in [0.1, 0.15) is 32.1 Å². The first-order valence-corrected chi connectivity index (χ1v) is 9.73. The van der Waals surface area contributed by atoms with E-state index in [0.29, 0.717) is 25.3 Å². The van der Waals surface area contributed by atoms with Crippen LogP contribution in [-0.4, -0.2) is 55.5 Å². The van der Waals surface area contributed by atoms with E-state index in [9.17, 15) is 9.59 Å². The Morgan fingerprint density at radius 3 is 2.46 bits per heavy atom. The molecule has 0 radical (unpaired) electrons. The highest BCUT2D eigenvalue weighted by atomic mass is 16.2. The number of carbonyl (C=O) groups excluding carboxylic acids is 2. The van der Waals surface area contributed by atoms with E-state index < -0.39 is 0 Å². The van der Waals surface area contributed by atoms with Gasteiger partial charge in [-0.2, -0.15) is 0 Å². The Kier molecular flexibility index (Phi) is 6.50. The molecule has 2 aliphatic rings. The molecule has 2 amide bonds. The number of nitrogens with two attached hydrogens (primary N) is 1. The monoisotopic (exact) mass is 358 g/mol. The molecular weight excluding hydrogens is 328 g/mol. The summed E-state index contributed by atoms with van der Waals surface area (Å²) in [6.45, 7) is 3.58. The molecule has 1 aromatic rings. The SMILES string of the molecule is N[C@@H]1CCC[C@H]1CC(=O)NCCC(=O)N1CCN(c2ccccc2)CC1. The van der Waals surface area contributed by atoms with Gasteiger partial charge in [-0.15, -0.1) is 0 Å². The number of benzene rings is 1. The van der Waals surface area contributed by atoms with E-state index in [1.807, 2.05) is 23.1 Å². The second-order valence-electron chi connectivity index (χ2n) is 7.36. The van der Waals surface area contributed by atoms with Gasteiger partial charge in [0.2, 0.25) is 11.8 Å². The maximum absolute atomic E-state index is 12.4. The molecule has 3 rings (SSSR count). The number of hydrogen-bond acceptors (Lipinski definition) is 4. The summed E-state index contributed by atoms with van der Waals surface area (Å²) >= 11 is 0. The van der Waals surface area contributed by atoms with E-state index in [1.54, 1.807) is 0 Å². The third-order valence-corrected chi connectivity index (χ3v) is 5.58. The van der Waals surface area contributed by atoms with Crippen LogP contribution in [0.2, 0.25) is 0 Å². The minimum Gasteiger partial charge on any atom is -0.368 e. The molecule has 3 N–H and O–H groups in total. The molecule has 1 aliphatic heterocycles. The van der Waals surface area contributed by atoms with Gasteiger partial charge in [0, 0.05) is 57.3 Å². The largest absolute Gasteiger partial charge is 0.368 e. The van der Waals surface area contributed by atoms with Crippen molar-refractivity contribution in [1.29, 1.82) is 0 Å². The number of amides is 2. The molecular formula is C20H30N4O2. The third kappa shape index (κ3) is 4.97. The van der Waals surface area contributed by atoms with Gasteiger partial charge in [-0.3, -0.25) is 9.59 Å². The lowest BCUT2D eigenvalue weighted by Crippen LogP contribution is -2.49. The van der Waals surface area contributed by atoms with Crippen LogP contribution in [0.25, 0.3) is 0 Å². The van der Waals surface area contributed by atoms with Gasteiger partial charge in [0.15, 0.2) is 0 Å². The standard InChI is InChI=1S/C20H30N4O2/c21-18-8-4-5-16(18)15-19(25)22-10-9-20(26)24-13-11-23(12-14-24)17-6-2-1-3-7-17/h1-3,6-7,16,18H,4-5,8-15,21H2,(H,22,25)/t16-,18+/m0/s1. The average molecular weight is 358 g/mol. The summed E-state index contributed by atoms with van der Waals surface area (Å²) < 4.78 is 0. The number of anilines is 1. The fourth-order valence-corrected chi connectivity index (χ4v) is 3.95. The number of hydrogen-bond donors (Lipinski definition) is 2. The Morgan fingerprint density at radius 1 is 1.08 bits per heavy atom. The summed E-state index contributed by atoms with van der Waals surface area (Å²) in [5.74, 6) is 0.446. The normalized spacial score (nSPS) is 23.1. The molecule has 0 spiro atoms. The van der Waals surface area contributed by atoms with Gasteiger partial charge in [0.25, 0.3) is 0 Å². The van der Waals surface area contributed by atoms with Crippen LogP contribution in [0.3, 0.4) is 0 Å². The zero-order valence-corrected chi connectivity index (χ0v) is 15.4. The van der Waals surface area contributed by atoms with Gasteiger partial charge in [-0.25, -0.2) is 0 Å². The Hall–Kier alpha value is -2.08. The van der Waals surface area contributed by atoms with Gasteiger partial charge in [0.05, 0.1) is 0 Å². The Labute approximate surface area is 155 Å². The third-order valence-electron chi connectivity index (χ3n) is 5.58. The van der Waals surface area contributed by atoms with Crippen LogP contribution in [0.4, 0.5) is 5.69 Å². The molecule has 2 atom stereocenters. The quantitative estimate of drug-likeness (QED) is 0.805. The molecule has 0 unspecified atom stereocenters. The summed E-state index contributed by atoms with van der Waals surface area (Å²) in [6, 6.07) is 10.4. The van der Waals surface area contributed by atoms with Gasteiger partial charge >= 0.3 is 0 Å². The maximum atomic E-state index is 12.4. The van der Waals surface area contributed by atoms with Gasteiger partial charge < -0.3 is 20.9 Å². The molecule has 142 valence electrons. The van der Waals surface area contributed by atoms with Crippen molar-refractivity contribution in [3.8, 4) is 0 Å². The van der Waals surface area contributed by atoms with E-state index in [2.05, 4.69) is 22.3 Å². The number of nitrogens with zero attached hydrogens (tertiary/aromatic N) is 2. The van der Waals surface area contributed by atoms with Crippen LogP contribution in [0.5, 0.6) is 0 Å². The van der Waals surface area contributed by atoms with Crippen LogP contribution >= 0.6 is 0 Å². The van der Waals surface area contributed by atoms with Crippen molar-refractivity contribution in [3.05, 3.63) is 30.3 Å². The van der Waals surface area contributed by atoms with Crippen LogP contribution in [-0.2, 0) is 9.59 Å². The molecule has 26 heavy (non-hydrogen) atoms. The summed E-state index contributed by atoms with van der Waals surface area (Å²) in [7, 11) is 0. The van der Waals surface area contributed by atoms with Gasteiger partial charge in [-0.05, 0) is 30.9 Å². The molecule has 2 fully saturated rings. The maximum Gasteiger partial charge on any atom is 0.224 e. The second kappa shape index (κ2) is 9.03. The first kappa shape index (κ1) is 18.7. The lowest BCUT2D eigenvalue weighted by molar-refractivity contribution is -0.131. The van der Waals surface area contributed by atoms with Gasteiger partial charge in [0.1, 0.15) is 0 Å². The number of nitrogens with one attached hydrogen (secondary N) is 1. The molecule has 1 heterocycles. The Balaban J connectivity index is 1.33. The molecule has 1 aliphatic carbocycles. The van der Waals surface area contributed by atoms with E-state index in [4.69, 9.17) is 5.73 Å². The average Bonchev–Trinajstić information content (AvgIpc) is 3.07. The number of para-hydroxylation sites is 1. The molecule has 6 nitrogen and oxygen atoms in total.